The van der Waals surface area contributed by atoms with Crippen molar-refractivity contribution in [1.82, 2.24) is 15.3 Å². The van der Waals surface area contributed by atoms with Crippen LogP contribution in [0, 0.1) is 0 Å². The lowest BCUT2D eigenvalue weighted by Gasteiger charge is -2.15. The van der Waals surface area contributed by atoms with E-state index in [2.05, 4.69) is 15.3 Å². The molecule has 1 aromatic carbocycles. The number of rotatable bonds is 0. The highest BCUT2D eigenvalue weighted by molar-refractivity contribution is 6.08. The summed E-state index contributed by atoms with van der Waals surface area (Å²) in [6.07, 6.45) is 1.53. The highest BCUT2D eigenvalue weighted by atomic mass is 16.1. The average molecular weight is 185 g/mol. The highest BCUT2D eigenvalue weighted by Gasteiger charge is 2.18. The topological polar surface area (TPSA) is 54.9 Å². The summed E-state index contributed by atoms with van der Waals surface area (Å²) in [5, 5.41) is 3.66. The molecule has 1 aliphatic rings. The van der Waals surface area contributed by atoms with Crippen LogP contribution in [-0.2, 0) is 6.54 Å². The van der Waals surface area contributed by atoms with Crippen LogP contribution in [0.15, 0.2) is 24.5 Å². The van der Waals surface area contributed by atoms with Crippen LogP contribution in [0.25, 0.3) is 10.9 Å². The van der Waals surface area contributed by atoms with E-state index in [0.29, 0.717) is 12.1 Å². The lowest BCUT2D eigenvalue weighted by Crippen LogP contribution is -2.28. The van der Waals surface area contributed by atoms with Gasteiger partial charge in [0.05, 0.1) is 23.3 Å². The SMILES string of the molecule is O=C1NCc2ncnc3cccc1c23. The minimum absolute atomic E-state index is 0.0436. The molecule has 0 unspecified atom stereocenters. The number of amides is 1. The number of benzene rings is 1. The number of carbonyl (C=O) groups is 1. The fraction of sp³-hybridized carbons (Fsp3) is 0.100. The highest BCUT2D eigenvalue weighted by Crippen LogP contribution is 2.22. The Labute approximate surface area is 80.0 Å². The minimum atomic E-state index is -0.0436. The van der Waals surface area contributed by atoms with Gasteiger partial charge in [-0.05, 0) is 12.1 Å². The van der Waals surface area contributed by atoms with Gasteiger partial charge >= 0.3 is 0 Å². The summed E-state index contributed by atoms with van der Waals surface area (Å²) in [6.45, 7) is 0.495. The van der Waals surface area contributed by atoms with Crippen LogP contribution >= 0.6 is 0 Å². The molecule has 1 aliphatic heterocycles. The van der Waals surface area contributed by atoms with Crippen molar-refractivity contribution in [1.29, 1.82) is 0 Å². The Morgan fingerprint density at radius 1 is 1.29 bits per heavy atom. The standard InChI is InChI=1S/C10H7N3O/c14-10-6-2-1-3-7-9(6)8(4-11-10)13-5-12-7/h1-3,5H,4H2,(H,11,14). The van der Waals surface area contributed by atoms with E-state index < -0.39 is 0 Å². The Morgan fingerprint density at radius 3 is 3.14 bits per heavy atom. The van der Waals surface area contributed by atoms with Crippen molar-refractivity contribution >= 4 is 16.8 Å². The zero-order chi connectivity index (χ0) is 9.54. The van der Waals surface area contributed by atoms with Gasteiger partial charge in [-0.2, -0.15) is 0 Å². The lowest BCUT2D eigenvalue weighted by molar-refractivity contribution is 0.0948. The molecule has 1 aromatic heterocycles. The number of nitrogens with one attached hydrogen (secondary N) is 1. The van der Waals surface area contributed by atoms with Crippen molar-refractivity contribution < 1.29 is 4.79 Å². The molecule has 68 valence electrons. The molecule has 0 spiro atoms. The number of carbonyl (C=O) groups excluding carboxylic acids is 1. The predicted octanol–water partition coefficient (Wildman–Crippen LogP) is 0.873. The Balaban J connectivity index is 2.52. The number of nitrogens with zero attached hydrogens (tertiary/aromatic N) is 2. The van der Waals surface area contributed by atoms with Gasteiger partial charge in [-0.25, -0.2) is 9.97 Å². The van der Waals surface area contributed by atoms with Gasteiger partial charge in [-0.15, -0.1) is 0 Å². The molecular weight excluding hydrogens is 178 g/mol. The summed E-state index contributed by atoms with van der Waals surface area (Å²) in [4.78, 5) is 19.8. The molecule has 2 heterocycles. The second-order valence-electron chi connectivity index (χ2n) is 3.20. The van der Waals surface area contributed by atoms with Crippen LogP contribution < -0.4 is 5.32 Å². The Bertz CT molecular complexity index is 531. The van der Waals surface area contributed by atoms with Crippen molar-refractivity contribution in [2.75, 3.05) is 0 Å². The van der Waals surface area contributed by atoms with Gasteiger partial charge in [-0.1, -0.05) is 6.07 Å². The maximum atomic E-state index is 11.5. The molecule has 4 heteroatoms. The fourth-order valence-corrected chi connectivity index (χ4v) is 1.76. The molecule has 14 heavy (non-hydrogen) atoms. The first-order valence-electron chi connectivity index (χ1n) is 4.37. The van der Waals surface area contributed by atoms with Gasteiger partial charge < -0.3 is 5.32 Å². The Kier molecular flexibility index (Phi) is 1.33. The first kappa shape index (κ1) is 7.44. The first-order valence-corrected chi connectivity index (χ1v) is 4.37. The third-order valence-corrected chi connectivity index (χ3v) is 2.40. The van der Waals surface area contributed by atoms with E-state index in [9.17, 15) is 4.79 Å². The molecule has 0 atom stereocenters. The molecule has 0 aliphatic carbocycles. The molecule has 0 bridgehead atoms. The van der Waals surface area contributed by atoms with Crippen LogP contribution in [0.1, 0.15) is 16.1 Å². The van der Waals surface area contributed by atoms with Gasteiger partial charge in [0.25, 0.3) is 5.91 Å². The van der Waals surface area contributed by atoms with Crippen molar-refractivity contribution in [3.05, 3.63) is 35.8 Å². The van der Waals surface area contributed by atoms with Crippen molar-refractivity contribution in [2.45, 2.75) is 6.54 Å². The zero-order valence-electron chi connectivity index (χ0n) is 7.32. The molecule has 1 amide bonds. The largest absolute Gasteiger partial charge is 0.346 e. The molecule has 0 radical (unpaired) electrons. The van der Waals surface area contributed by atoms with E-state index in [1.54, 1.807) is 6.07 Å². The maximum absolute atomic E-state index is 11.5. The summed E-state index contributed by atoms with van der Waals surface area (Å²) >= 11 is 0. The second kappa shape index (κ2) is 2.51. The number of hydrogen-bond acceptors (Lipinski definition) is 3. The van der Waals surface area contributed by atoms with Gasteiger partial charge in [0, 0.05) is 5.39 Å². The molecular formula is C10H7N3O. The normalized spacial score (nSPS) is 14.1. The Hall–Kier alpha value is -1.97. The van der Waals surface area contributed by atoms with E-state index in [4.69, 9.17) is 0 Å². The van der Waals surface area contributed by atoms with Gasteiger partial charge in [-0.3, -0.25) is 4.79 Å². The van der Waals surface area contributed by atoms with E-state index >= 15 is 0 Å². The Morgan fingerprint density at radius 2 is 2.21 bits per heavy atom. The van der Waals surface area contributed by atoms with Crippen molar-refractivity contribution in [3.63, 3.8) is 0 Å². The van der Waals surface area contributed by atoms with Crippen LogP contribution in [0.2, 0.25) is 0 Å². The predicted molar refractivity (Wildman–Crippen MR) is 50.7 cm³/mol. The molecule has 4 nitrogen and oxygen atoms in total. The van der Waals surface area contributed by atoms with Gasteiger partial charge in [0.2, 0.25) is 0 Å². The summed E-state index contributed by atoms with van der Waals surface area (Å²) < 4.78 is 0. The second-order valence-corrected chi connectivity index (χ2v) is 3.20. The lowest BCUT2D eigenvalue weighted by atomic mass is 10.0. The smallest absolute Gasteiger partial charge is 0.252 e. The molecule has 0 saturated carbocycles. The van der Waals surface area contributed by atoms with Crippen LogP contribution in [0.4, 0.5) is 0 Å². The molecule has 2 aromatic rings. The molecule has 3 rings (SSSR count). The zero-order valence-corrected chi connectivity index (χ0v) is 7.32. The van der Waals surface area contributed by atoms with Gasteiger partial charge in [0.15, 0.2) is 0 Å². The monoisotopic (exact) mass is 185 g/mol. The summed E-state index contributed by atoms with van der Waals surface area (Å²) in [5.74, 6) is -0.0436. The minimum Gasteiger partial charge on any atom is -0.346 e. The summed E-state index contributed by atoms with van der Waals surface area (Å²) in [5.41, 5.74) is 2.40. The van der Waals surface area contributed by atoms with E-state index in [-0.39, 0.29) is 5.91 Å². The van der Waals surface area contributed by atoms with E-state index in [0.717, 1.165) is 16.6 Å². The van der Waals surface area contributed by atoms with E-state index in [1.807, 2.05) is 12.1 Å². The molecule has 0 saturated heterocycles. The molecule has 1 N–H and O–H groups in total. The van der Waals surface area contributed by atoms with Crippen LogP contribution in [0.5, 0.6) is 0 Å². The average Bonchev–Trinajstić information content (AvgIpc) is 2.24. The van der Waals surface area contributed by atoms with Crippen molar-refractivity contribution in [3.8, 4) is 0 Å². The fourth-order valence-electron chi connectivity index (χ4n) is 1.76. The van der Waals surface area contributed by atoms with E-state index in [1.165, 1.54) is 6.33 Å². The summed E-state index contributed by atoms with van der Waals surface area (Å²) in [6, 6.07) is 5.52. The molecule has 0 fully saturated rings. The quantitative estimate of drug-likeness (QED) is 0.662. The van der Waals surface area contributed by atoms with Crippen LogP contribution in [-0.4, -0.2) is 15.9 Å². The third kappa shape index (κ3) is 0.849. The maximum Gasteiger partial charge on any atom is 0.252 e. The number of aromatic nitrogens is 2. The number of hydrogen-bond donors (Lipinski definition) is 1. The third-order valence-electron chi connectivity index (χ3n) is 2.40. The summed E-state index contributed by atoms with van der Waals surface area (Å²) in [7, 11) is 0. The van der Waals surface area contributed by atoms with Crippen molar-refractivity contribution in [2.24, 2.45) is 0 Å². The first-order chi connectivity index (χ1) is 6.86. The van der Waals surface area contributed by atoms with Crippen LogP contribution in [0.3, 0.4) is 0 Å². The van der Waals surface area contributed by atoms with Gasteiger partial charge in [0.1, 0.15) is 6.33 Å².